The van der Waals surface area contributed by atoms with Crippen molar-refractivity contribution in [2.75, 3.05) is 33.3 Å². The van der Waals surface area contributed by atoms with Gasteiger partial charge < -0.3 is 25.0 Å². The maximum Gasteiger partial charge on any atom is 0.317 e. The molecule has 1 aliphatic heterocycles. The van der Waals surface area contributed by atoms with Crippen LogP contribution < -0.4 is 10.1 Å². The van der Waals surface area contributed by atoms with Crippen LogP contribution in [0.5, 0.6) is 5.88 Å². The maximum absolute atomic E-state index is 13.5. The van der Waals surface area contributed by atoms with E-state index in [1.54, 1.807) is 48.2 Å². The van der Waals surface area contributed by atoms with Crippen LogP contribution in [0.15, 0.2) is 36.5 Å². The van der Waals surface area contributed by atoms with E-state index in [2.05, 4.69) is 10.3 Å². The summed E-state index contributed by atoms with van der Waals surface area (Å²) in [6, 6.07) is 7.01. The van der Waals surface area contributed by atoms with E-state index >= 15 is 0 Å². The third-order valence-electron chi connectivity index (χ3n) is 6.03. The van der Waals surface area contributed by atoms with Crippen molar-refractivity contribution in [1.29, 1.82) is 0 Å². The number of hydrogen-bond donors (Lipinski definition) is 2. The molecule has 0 unspecified atom stereocenters. The molecule has 2 N–H and O–H groups in total. The highest BCUT2D eigenvalue weighted by Gasteiger charge is 2.34. The molecular formula is C25H33FN4O4. The Kier molecular flexibility index (Phi) is 8.44. The maximum atomic E-state index is 13.5. The minimum Gasteiger partial charge on any atom is -0.472 e. The molecule has 3 atom stereocenters. The molecule has 0 bridgehead atoms. The molecule has 3 rings (SSSR count). The van der Waals surface area contributed by atoms with Crippen LogP contribution in [0.25, 0.3) is 11.1 Å². The fourth-order valence-electron chi connectivity index (χ4n) is 3.84. The number of aliphatic hydroxyl groups excluding tert-OH is 1. The lowest BCUT2D eigenvalue weighted by molar-refractivity contribution is 0.0352. The van der Waals surface area contributed by atoms with Gasteiger partial charge >= 0.3 is 6.03 Å². The molecule has 2 aromatic rings. The first-order valence-corrected chi connectivity index (χ1v) is 11.6. The Morgan fingerprint density at radius 3 is 2.71 bits per heavy atom. The van der Waals surface area contributed by atoms with Gasteiger partial charge in [-0.25, -0.2) is 14.2 Å². The lowest BCUT2D eigenvalue weighted by atomic mass is 9.99. The zero-order valence-electron chi connectivity index (χ0n) is 20.1. The first kappa shape index (κ1) is 25.4. The molecule has 0 fully saturated rings. The monoisotopic (exact) mass is 472 g/mol. The average molecular weight is 473 g/mol. The van der Waals surface area contributed by atoms with Crippen LogP contribution in [0.3, 0.4) is 0 Å². The molecule has 34 heavy (non-hydrogen) atoms. The van der Waals surface area contributed by atoms with Gasteiger partial charge in [-0.05, 0) is 37.1 Å². The molecule has 0 saturated carbocycles. The van der Waals surface area contributed by atoms with Gasteiger partial charge in [-0.2, -0.15) is 0 Å². The molecule has 184 valence electrons. The molecule has 0 aliphatic carbocycles. The molecule has 3 amide bonds. The predicted octanol–water partition coefficient (Wildman–Crippen LogP) is 3.16. The molecule has 2 heterocycles. The van der Waals surface area contributed by atoms with Crippen LogP contribution >= 0.6 is 0 Å². The number of carbonyl (C=O) groups excluding carboxylic acids is 2. The van der Waals surface area contributed by atoms with Crippen LogP contribution in [0.4, 0.5) is 9.18 Å². The van der Waals surface area contributed by atoms with Gasteiger partial charge in [0.25, 0.3) is 5.91 Å². The number of nitrogens with zero attached hydrogens (tertiary/aromatic N) is 3. The standard InChI is InChI=1S/C25H33FN4O4/c1-5-10-27-25(33)29(4)14-22-16(2)13-30(17(3)15-31)24(32)21-11-19(12-28-23(21)34-22)18-6-8-20(26)9-7-18/h6-9,11-12,16-17,22,31H,5,10,13-15H2,1-4H3,(H,27,33)/t16-,17+,22+/m1/s1. The highest BCUT2D eigenvalue weighted by atomic mass is 19.1. The van der Waals surface area contributed by atoms with E-state index in [0.717, 1.165) is 6.42 Å². The number of pyridine rings is 1. The number of amides is 3. The average Bonchev–Trinajstić information content (AvgIpc) is 2.84. The largest absolute Gasteiger partial charge is 0.472 e. The highest BCUT2D eigenvalue weighted by Crippen LogP contribution is 2.30. The second-order valence-corrected chi connectivity index (χ2v) is 8.82. The van der Waals surface area contributed by atoms with Crippen molar-refractivity contribution in [3.8, 4) is 17.0 Å². The number of aliphatic hydroxyl groups is 1. The minimum absolute atomic E-state index is 0.133. The fraction of sp³-hybridized carbons (Fsp3) is 0.480. The SMILES string of the molecule is CCCNC(=O)N(C)C[C@@H]1Oc2ncc(-c3ccc(F)cc3)cc2C(=O)N([C@@H](C)CO)C[C@H]1C. The summed E-state index contributed by atoms with van der Waals surface area (Å²) in [5, 5.41) is 12.6. The summed E-state index contributed by atoms with van der Waals surface area (Å²) in [5.74, 6) is -0.613. The van der Waals surface area contributed by atoms with Gasteiger partial charge in [0, 0.05) is 37.8 Å². The summed E-state index contributed by atoms with van der Waals surface area (Å²) in [7, 11) is 1.70. The summed E-state index contributed by atoms with van der Waals surface area (Å²) in [5.41, 5.74) is 1.62. The Labute approximate surface area is 199 Å². The van der Waals surface area contributed by atoms with E-state index in [9.17, 15) is 19.1 Å². The van der Waals surface area contributed by atoms with Crippen LogP contribution in [-0.2, 0) is 0 Å². The van der Waals surface area contributed by atoms with Gasteiger partial charge in [0.05, 0.1) is 19.2 Å². The normalized spacial score (nSPS) is 18.9. The Morgan fingerprint density at radius 2 is 2.06 bits per heavy atom. The first-order valence-electron chi connectivity index (χ1n) is 11.6. The van der Waals surface area contributed by atoms with E-state index in [1.807, 2.05) is 13.8 Å². The number of carbonyl (C=O) groups is 2. The van der Waals surface area contributed by atoms with Gasteiger partial charge in [0.15, 0.2) is 0 Å². The zero-order valence-corrected chi connectivity index (χ0v) is 20.1. The van der Waals surface area contributed by atoms with E-state index < -0.39 is 12.1 Å². The summed E-state index contributed by atoms with van der Waals surface area (Å²) < 4.78 is 19.6. The fourth-order valence-corrected chi connectivity index (χ4v) is 3.84. The molecule has 1 aromatic heterocycles. The van der Waals surface area contributed by atoms with Crippen molar-refractivity contribution in [3.05, 3.63) is 47.9 Å². The summed E-state index contributed by atoms with van der Waals surface area (Å²) in [4.78, 5) is 33.5. The number of ether oxygens (including phenoxy) is 1. The minimum atomic E-state index is -0.429. The molecule has 1 aliphatic rings. The van der Waals surface area contributed by atoms with Crippen molar-refractivity contribution < 1.29 is 23.8 Å². The van der Waals surface area contributed by atoms with Crippen molar-refractivity contribution in [2.24, 2.45) is 5.92 Å². The first-order chi connectivity index (χ1) is 16.2. The molecule has 0 spiro atoms. The van der Waals surface area contributed by atoms with Crippen LogP contribution in [-0.4, -0.2) is 77.3 Å². The topological polar surface area (TPSA) is 95.0 Å². The molecule has 8 nitrogen and oxygen atoms in total. The number of likely N-dealkylation sites (N-methyl/N-ethyl adjacent to an activating group) is 1. The van der Waals surface area contributed by atoms with E-state index in [1.165, 1.54) is 12.1 Å². The number of rotatable bonds is 7. The molecule has 0 radical (unpaired) electrons. The van der Waals surface area contributed by atoms with Crippen molar-refractivity contribution in [1.82, 2.24) is 20.1 Å². The molecule has 0 saturated heterocycles. The Morgan fingerprint density at radius 1 is 1.35 bits per heavy atom. The van der Waals surface area contributed by atoms with E-state index in [0.29, 0.717) is 30.8 Å². The van der Waals surface area contributed by atoms with Crippen LogP contribution in [0.1, 0.15) is 37.6 Å². The van der Waals surface area contributed by atoms with Gasteiger partial charge in [-0.15, -0.1) is 0 Å². The van der Waals surface area contributed by atoms with Gasteiger partial charge in [0.1, 0.15) is 17.5 Å². The van der Waals surface area contributed by atoms with E-state index in [-0.39, 0.29) is 41.7 Å². The van der Waals surface area contributed by atoms with Gasteiger partial charge in [0.2, 0.25) is 5.88 Å². The van der Waals surface area contributed by atoms with E-state index in [4.69, 9.17) is 4.74 Å². The zero-order chi connectivity index (χ0) is 24.8. The second-order valence-electron chi connectivity index (χ2n) is 8.82. The van der Waals surface area contributed by atoms with Crippen LogP contribution in [0, 0.1) is 11.7 Å². The summed E-state index contributed by atoms with van der Waals surface area (Å²) in [6.07, 6.45) is 1.99. The Bertz CT molecular complexity index is 1000. The number of benzene rings is 1. The second kappa shape index (κ2) is 11.3. The number of nitrogens with one attached hydrogen (secondary N) is 1. The third-order valence-corrected chi connectivity index (χ3v) is 6.03. The van der Waals surface area contributed by atoms with Gasteiger partial charge in [-0.3, -0.25) is 4.79 Å². The lowest BCUT2D eigenvalue weighted by Gasteiger charge is -2.37. The van der Waals surface area contributed by atoms with Crippen molar-refractivity contribution in [2.45, 2.75) is 39.3 Å². The van der Waals surface area contributed by atoms with Crippen molar-refractivity contribution >= 4 is 11.9 Å². The van der Waals surface area contributed by atoms with Gasteiger partial charge in [-0.1, -0.05) is 26.0 Å². The third kappa shape index (κ3) is 5.83. The van der Waals surface area contributed by atoms with Crippen LogP contribution in [0.2, 0.25) is 0 Å². The number of aromatic nitrogens is 1. The molecular weight excluding hydrogens is 439 g/mol. The lowest BCUT2D eigenvalue weighted by Crippen LogP contribution is -2.51. The molecule has 9 heteroatoms. The van der Waals surface area contributed by atoms with Crippen molar-refractivity contribution in [3.63, 3.8) is 0 Å². The predicted molar refractivity (Wildman–Crippen MR) is 127 cm³/mol. The Hall–Kier alpha value is -3.20. The quantitative estimate of drug-likeness (QED) is 0.646. The number of hydrogen-bond acceptors (Lipinski definition) is 5. The highest BCUT2D eigenvalue weighted by molar-refractivity contribution is 5.98. The molecule has 1 aromatic carbocycles. The Balaban J connectivity index is 1.97. The smallest absolute Gasteiger partial charge is 0.317 e. The number of halogens is 1. The number of urea groups is 1. The summed E-state index contributed by atoms with van der Waals surface area (Å²) in [6.45, 7) is 6.74. The summed E-state index contributed by atoms with van der Waals surface area (Å²) >= 11 is 0. The number of fused-ring (bicyclic) bond motifs is 1.